The third-order valence-electron chi connectivity index (χ3n) is 7.36. The molecule has 0 heterocycles. The quantitative estimate of drug-likeness (QED) is 0.0405. The molecule has 2 atom stereocenters. The van der Waals surface area contributed by atoms with Crippen LogP contribution in [0.25, 0.3) is 21.5 Å². The lowest BCUT2D eigenvalue weighted by Crippen LogP contribution is -2.30. The zero-order valence-corrected chi connectivity index (χ0v) is 28.6. The van der Waals surface area contributed by atoms with Crippen LogP contribution in [0.3, 0.4) is 0 Å². The van der Waals surface area contributed by atoms with Gasteiger partial charge in [-0.2, -0.15) is 0 Å². The fraction of sp³-hybridized carbons (Fsp3) is 0.474. The van der Waals surface area contributed by atoms with Crippen LogP contribution in [0, 0.1) is 0 Å². The number of unbranched alkanes of at least 4 members (excludes halogenated alkanes) is 4. The molecule has 0 aliphatic rings. The van der Waals surface area contributed by atoms with Gasteiger partial charge in [0.05, 0.1) is 26.4 Å². The minimum Gasteiger partial charge on any atom is -0.488 e. The summed E-state index contributed by atoms with van der Waals surface area (Å²) in [5.74, 6) is 0.614. The first-order valence-corrected chi connectivity index (χ1v) is 16.9. The Kier molecular flexibility index (Phi) is 17.2. The van der Waals surface area contributed by atoms with Gasteiger partial charge in [0.2, 0.25) is 0 Å². The van der Waals surface area contributed by atoms with Gasteiger partial charge in [-0.3, -0.25) is 9.59 Å². The number of benzene rings is 3. The molecule has 256 valence electrons. The van der Waals surface area contributed by atoms with Crippen LogP contribution >= 0.6 is 11.6 Å². The van der Waals surface area contributed by atoms with E-state index in [-0.39, 0.29) is 38.4 Å². The predicted octanol–water partition coefficient (Wildman–Crippen LogP) is 8.79. The second kappa shape index (κ2) is 21.3. The molecule has 0 aromatic heterocycles. The average Bonchev–Trinajstić information content (AvgIpc) is 3.06. The van der Waals surface area contributed by atoms with Crippen molar-refractivity contribution in [2.24, 2.45) is 0 Å². The van der Waals surface area contributed by atoms with Crippen LogP contribution < -0.4 is 9.47 Å². The molecule has 0 aliphatic heterocycles. The SMILES string of the molecule is C=CCOCC(COc1c2ccccc2c(OCC(COCC=C)OC(=O)CCCCC)c2cc(Cl)ccc12)OC(=O)CCCCC. The van der Waals surface area contributed by atoms with Crippen LogP contribution in [0.4, 0.5) is 0 Å². The molecule has 3 aromatic rings. The van der Waals surface area contributed by atoms with Gasteiger partial charge >= 0.3 is 11.9 Å². The standard InChI is InChI=1S/C38H49ClO8/c1-5-9-11-17-35(40)46-29(24-42-21-7-3)26-44-37-31-15-13-14-16-32(31)38(34-23-28(39)19-20-33(34)37)45-27-30(25-43-22-8-4)47-36(41)18-12-10-6-2/h7-8,13-16,19-20,23,29-30H,3-6,9-12,17-18,21-22,24-27H2,1-2H3. The van der Waals surface area contributed by atoms with Gasteiger partial charge in [0.1, 0.15) is 24.7 Å². The zero-order valence-electron chi connectivity index (χ0n) is 27.8. The third-order valence-corrected chi connectivity index (χ3v) is 7.59. The monoisotopic (exact) mass is 668 g/mol. The van der Waals surface area contributed by atoms with Crippen LogP contribution in [0.5, 0.6) is 11.5 Å². The molecule has 0 saturated carbocycles. The molecular formula is C38H49ClO8. The lowest BCUT2D eigenvalue weighted by Gasteiger charge is -2.23. The first kappa shape index (κ1) is 37.9. The Labute approximate surface area is 283 Å². The van der Waals surface area contributed by atoms with Gasteiger partial charge in [0, 0.05) is 39.4 Å². The van der Waals surface area contributed by atoms with Crippen molar-refractivity contribution in [3.8, 4) is 11.5 Å². The van der Waals surface area contributed by atoms with Gasteiger partial charge in [0.15, 0.2) is 12.2 Å². The highest BCUT2D eigenvalue weighted by atomic mass is 35.5. The normalized spacial score (nSPS) is 12.4. The maximum absolute atomic E-state index is 12.6. The molecule has 2 unspecified atom stereocenters. The number of ether oxygens (including phenoxy) is 6. The van der Waals surface area contributed by atoms with E-state index in [1.54, 1.807) is 18.2 Å². The Morgan fingerprint density at radius 1 is 0.681 bits per heavy atom. The second-order valence-corrected chi connectivity index (χ2v) is 11.7. The van der Waals surface area contributed by atoms with E-state index >= 15 is 0 Å². The highest BCUT2D eigenvalue weighted by molar-refractivity contribution is 6.31. The molecule has 3 rings (SSSR count). The summed E-state index contributed by atoms with van der Waals surface area (Å²) < 4.78 is 35.8. The maximum atomic E-state index is 12.6. The van der Waals surface area contributed by atoms with Gasteiger partial charge in [-0.05, 0) is 31.0 Å². The Morgan fingerprint density at radius 3 is 1.62 bits per heavy atom. The summed E-state index contributed by atoms with van der Waals surface area (Å²) in [4.78, 5) is 25.2. The Balaban J connectivity index is 1.91. The molecule has 0 amide bonds. The Morgan fingerprint density at radius 2 is 1.15 bits per heavy atom. The van der Waals surface area contributed by atoms with Crippen LogP contribution in [-0.2, 0) is 28.5 Å². The summed E-state index contributed by atoms with van der Waals surface area (Å²) in [6.45, 7) is 12.7. The molecule has 0 bridgehead atoms. The summed E-state index contributed by atoms with van der Waals surface area (Å²) in [7, 11) is 0. The van der Waals surface area contributed by atoms with Crippen LogP contribution in [0.15, 0.2) is 67.8 Å². The molecule has 9 heteroatoms. The first-order valence-electron chi connectivity index (χ1n) is 16.6. The Hall–Kier alpha value is -3.59. The molecule has 0 radical (unpaired) electrons. The van der Waals surface area contributed by atoms with E-state index in [4.69, 9.17) is 40.0 Å². The lowest BCUT2D eigenvalue weighted by molar-refractivity contribution is -0.154. The van der Waals surface area contributed by atoms with Gasteiger partial charge in [-0.25, -0.2) is 0 Å². The first-order chi connectivity index (χ1) is 22.9. The van der Waals surface area contributed by atoms with Gasteiger partial charge in [0.25, 0.3) is 0 Å². The number of carbonyl (C=O) groups excluding carboxylic acids is 2. The largest absolute Gasteiger partial charge is 0.488 e. The second-order valence-electron chi connectivity index (χ2n) is 11.3. The summed E-state index contributed by atoms with van der Waals surface area (Å²) in [6.07, 6.45) is 8.21. The van der Waals surface area contributed by atoms with E-state index in [1.807, 2.05) is 36.4 Å². The van der Waals surface area contributed by atoms with Crippen molar-refractivity contribution in [3.05, 3.63) is 72.8 Å². The van der Waals surface area contributed by atoms with Crippen molar-refractivity contribution in [2.75, 3.05) is 39.6 Å². The Bertz CT molecular complexity index is 1440. The molecule has 0 saturated heterocycles. The smallest absolute Gasteiger partial charge is 0.306 e. The number of esters is 2. The number of hydrogen-bond acceptors (Lipinski definition) is 8. The van der Waals surface area contributed by atoms with Gasteiger partial charge in [-0.1, -0.05) is 87.5 Å². The molecule has 0 aliphatic carbocycles. The lowest BCUT2D eigenvalue weighted by atomic mass is 10.0. The van der Waals surface area contributed by atoms with E-state index in [9.17, 15) is 9.59 Å². The fourth-order valence-electron chi connectivity index (χ4n) is 5.06. The summed E-state index contributed by atoms with van der Waals surface area (Å²) >= 11 is 6.50. The summed E-state index contributed by atoms with van der Waals surface area (Å²) in [5.41, 5.74) is 0. The van der Waals surface area contributed by atoms with Gasteiger partial charge < -0.3 is 28.4 Å². The molecule has 0 fully saturated rings. The van der Waals surface area contributed by atoms with Crippen molar-refractivity contribution >= 4 is 45.1 Å². The number of rotatable bonds is 24. The number of halogens is 1. The summed E-state index contributed by atoms with van der Waals surface area (Å²) in [6, 6.07) is 13.2. The van der Waals surface area contributed by atoms with Gasteiger partial charge in [-0.15, -0.1) is 13.2 Å². The van der Waals surface area contributed by atoms with E-state index < -0.39 is 12.2 Å². The molecule has 47 heavy (non-hydrogen) atoms. The summed E-state index contributed by atoms with van der Waals surface area (Å²) in [5, 5.41) is 3.59. The molecule has 0 N–H and O–H groups in total. The van der Waals surface area contributed by atoms with E-state index in [0.29, 0.717) is 42.6 Å². The van der Waals surface area contributed by atoms with E-state index in [1.165, 1.54) is 0 Å². The van der Waals surface area contributed by atoms with Crippen LogP contribution in [-0.4, -0.2) is 63.8 Å². The van der Waals surface area contributed by atoms with Crippen molar-refractivity contribution in [1.82, 2.24) is 0 Å². The highest BCUT2D eigenvalue weighted by Crippen LogP contribution is 2.43. The zero-order chi connectivity index (χ0) is 33.9. The molecular weight excluding hydrogens is 620 g/mol. The van der Waals surface area contributed by atoms with E-state index in [2.05, 4.69) is 27.0 Å². The molecule has 8 nitrogen and oxygen atoms in total. The minimum atomic E-state index is -0.628. The van der Waals surface area contributed by atoms with Crippen LogP contribution in [0.2, 0.25) is 5.02 Å². The fourth-order valence-corrected chi connectivity index (χ4v) is 5.23. The van der Waals surface area contributed by atoms with E-state index in [0.717, 1.165) is 60.1 Å². The van der Waals surface area contributed by atoms with Crippen molar-refractivity contribution in [3.63, 3.8) is 0 Å². The highest BCUT2D eigenvalue weighted by Gasteiger charge is 2.22. The van der Waals surface area contributed by atoms with Crippen LogP contribution in [0.1, 0.15) is 65.2 Å². The maximum Gasteiger partial charge on any atom is 0.306 e. The molecule has 0 spiro atoms. The number of carbonyl (C=O) groups is 2. The van der Waals surface area contributed by atoms with Crippen molar-refractivity contribution < 1.29 is 38.0 Å². The van der Waals surface area contributed by atoms with Crippen molar-refractivity contribution in [1.29, 1.82) is 0 Å². The average molecular weight is 669 g/mol. The molecule has 3 aromatic carbocycles. The van der Waals surface area contributed by atoms with Crippen molar-refractivity contribution in [2.45, 2.75) is 77.4 Å². The minimum absolute atomic E-state index is 0.0686. The number of hydrogen-bond donors (Lipinski definition) is 0. The topological polar surface area (TPSA) is 89.5 Å². The predicted molar refractivity (Wildman–Crippen MR) is 188 cm³/mol. The third kappa shape index (κ3) is 12.5. The number of fused-ring (bicyclic) bond motifs is 2.